The van der Waals surface area contributed by atoms with Crippen LogP contribution < -0.4 is 0 Å². The summed E-state index contributed by atoms with van der Waals surface area (Å²) in [6, 6.07) is 2.29. The van der Waals surface area contributed by atoms with Crippen molar-refractivity contribution in [3.8, 4) is 0 Å². The van der Waals surface area contributed by atoms with E-state index in [1.54, 1.807) is 0 Å². The van der Waals surface area contributed by atoms with Crippen LogP contribution in [-0.2, 0) is 10.8 Å². The fourth-order valence-electron chi connectivity index (χ4n) is 2.59. The molecule has 1 aliphatic carbocycles. The third kappa shape index (κ3) is 3.14. The number of thiophene rings is 1. The van der Waals surface area contributed by atoms with Gasteiger partial charge in [0, 0.05) is 4.88 Å². The first-order chi connectivity index (χ1) is 8.52. The van der Waals surface area contributed by atoms with Crippen LogP contribution in [0.1, 0.15) is 57.6 Å². The van der Waals surface area contributed by atoms with Gasteiger partial charge in [-0.05, 0) is 53.4 Å². The van der Waals surface area contributed by atoms with Crippen LogP contribution in [0.4, 0.5) is 0 Å². The predicted molar refractivity (Wildman–Crippen MR) is 87.4 cm³/mol. The van der Waals surface area contributed by atoms with E-state index in [-0.39, 0.29) is 5.04 Å². The van der Waals surface area contributed by atoms with E-state index in [0.717, 1.165) is 6.42 Å². The Bertz CT molecular complexity index is 454. The quantitative estimate of drug-likeness (QED) is 0.628. The summed E-state index contributed by atoms with van der Waals surface area (Å²) < 4.78 is 6.71. The molecule has 0 fully saturated rings. The molecular formula is C16H28OSSi. The Hall–Kier alpha value is -0.123. The Balaban J connectivity index is 2.27. The molecule has 0 saturated carbocycles. The van der Waals surface area contributed by atoms with Gasteiger partial charge in [0.1, 0.15) is 0 Å². The minimum atomic E-state index is -1.69. The lowest BCUT2D eigenvalue weighted by atomic mass is 9.76. The number of fused-ring (bicyclic) bond motifs is 1. The van der Waals surface area contributed by atoms with Crippen LogP contribution in [0, 0.1) is 5.41 Å². The molecule has 1 aromatic rings. The van der Waals surface area contributed by atoms with Crippen LogP contribution in [-0.4, -0.2) is 8.32 Å². The molecule has 1 aromatic heterocycles. The summed E-state index contributed by atoms with van der Waals surface area (Å²) in [6.45, 7) is 16.4. The summed E-state index contributed by atoms with van der Waals surface area (Å²) >= 11 is 1.88. The molecule has 0 bridgehead atoms. The highest BCUT2D eigenvalue weighted by Gasteiger charge is 2.42. The first kappa shape index (κ1) is 15.3. The lowest BCUT2D eigenvalue weighted by Gasteiger charge is -2.43. The Morgan fingerprint density at radius 2 is 1.95 bits per heavy atom. The van der Waals surface area contributed by atoms with Crippen molar-refractivity contribution >= 4 is 19.7 Å². The molecule has 108 valence electrons. The van der Waals surface area contributed by atoms with Crippen molar-refractivity contribution in [1.29, 1.82) is 0 Å². The van der Waals surface area contributed by atoms with Crippen molar-refractivity contribution in [2.45, 2.75) is 71.7 Å². The topological polar surface area (TPSA) is 9.23 Å². The molecule has 1 atom stereocenters. The average Bonchev–Trinajstić information content (AvgIpc) is 2.60. The molecular weight excluding hydrogens is 268 g/mol. The largest absolute Gasteiger partial charge is 0.409 e. The summed E-state index contributed by atoms with van der Waals surface area (Å²) in [7, 11) is -1.69. The van der Waals surface area contributed by atoms with E-state index in [4.69, 9.17) is 4.43 Å². The molecule has 0 amide bonds. The van der Waals surface area contributed by atoms with E-state index in [1.165, 1.54) is 16.9 Å². The van der Waals surface area contributed by atoms with Crippen LogP contribution in [0.3, 0.4) is 0 Å². The van der Waals surface area contributed by atoms with Gasteiger partial charge >= 0.3 is 0 Å². The second-order valence-corrected chi connectivity index (χ2v) is 13.9. The number of hydrogen-bond donors (Lipinski definition) is 0. The zero-order valence-corrected chi connectivity index (χ0v) is 15.3. The fraction of sp³-hybridized carbons (Fsp3) is 0.750. The maximum atomic E-state index is 6.71. The lowest BCUT2D eigenvalue weighted by Crippen LogP contribution is -2.43. The van der Waals surface area contributed by atoms with Gasteiger partial charge in [-0.25, -0.2) is 0 Å². The van der Waals surface area contributed by atoms with E-state index in [2.05, 4.69) is 59.2 Å². The molecule has 19 heavy (non-hydrogen) atoms. The van der Waals surface area contributed by atoms with E-state index < -0.39 is 8.32 Å². The van der Waals surface area contributed by atoms with Gasteiger partial charge in [-0.1, -0.05) is 34.6 Å². The highest BCUT2D eigenvalue weighted by molar-refractivity contribution is 7.10. The van der Waals surface area contributed by atoms with Gasteiger partial charge in [0.25, 0.3) is 0 Å². The van der Waals surface area contributed by atoms with Crippen molar-refractivity contribution in [3.63, 3.8) is 0 Å². The summed E-state index contributed by atoms with van der Waals surface area (Å²) in [5, 5.41) is 2.51. The monoisotopic (exact) mass is 296 g/mol. The molecule has 0 aliphatic heterocycles. The summed E-state index contributed by atoms with van der Waals surface area (Å²) in [6.07, 6.45) is 2.68. The molecule has 0 N–H and O–H groups in total. The van der Waals surface area contributed by atoms with Crippen LogP contribution >= 0.6 is 11.3 Å². The zero-order valence-electron chi connectivity index (χ0n) is 13.5. The summed E-state index contributed by atoms with van der Waals surface area (Å²) in [5.41, 5.74) is 1.88. The minimum Gasteiger partial charge on any atom is -0.409 e. The second-order valence-electron chi connectivity index (χ2n) is 8.22. The summed E-state index contributed by atoms with van der Waals surface area (Å²) in [5.74, 6) is 0. The molecule has 1 heterocycles. The molecule has 3 heteroatoms. The van der Waals surface area contributed by atoms with Crippen LogP contribution in [0.5, 0.6) is 0 Å². The van der Waals surface area contributed by atoms with E-state index in [0.29, 0.717) is 11.5 Å². The SMILES string of the molecule is CC1(C)Cc2ccsc2C(O[Si](C)(C)C(C)(C)C)C1. The number of rotatable bonds is 2. The standard InChI is InChI=1S/C16H28OSSi/c1-15(2,3)19(6,7)17-13-11-16(4,5)10-12-8-9-18-14(12)13/h8-9,13H,10-11H2,1-7H3. The molecule has 1 aliphatic rings. The highest BCUT2D eigenvalue weighted by atomic mass is 32.1. The number of hydrogen-bond acceptors (Lipinski definition) is 2. The predicted octanol–water partition coefficient (Wildman–Crippen LogP) is 5.78. The second kappa shape index (κ2) is 4.71. The van der Waals surface area contributed by atoms with E-state index in [9.17, 15) is 0 Å². The molecule has 1 nitrogen and oxygen atoms in total. The van der Waals surface area contributed by atoms with Crippen LogP contribution in [0.2, 0.25) is 18.1 Å². The Labute approximate surface area is 123 Å². The van der Waals surface area contributed by atoms with Crippen molar-refractivity contribution < 1.29 is 4.43 Å². The van der Waals surface area contributed by atoms with Gasteiger partial charge in [-0.3, -0.25) is 0 Å². The maximum absolute atomic E-state index is 6.71. The first-order valence-corrected chi connectivity index (χ1v) is 11.0. The van der Waals surface area contributed by atoms with Crippen molar-refractivity contribution in [2.24, 2.45) is 5.41 Å². The highest BCUT2D eigenvalue weighted by Crippen LogP contribution is 2.48. The van der Waals surface area contributed by atoms with Gasteiger partial charge < -0.3 is 4.43 Å². The molecule has 0 spiro atoms. The minimum absolute atomic E-state index is 0.284. The average molecular weight is 297 g/mol. The fourth-order valence-corrected chi connectivity index (χ4v) is 4.89. The van der Waals surface area contributed by atoms with Crippen molar-refractivity contribution in [1.82, 2.24) is 0 Å². The van der Waals surface area contributed by atoms with Crippen LogP contribution in [0.25, 0.3) is 0 Å². The zero-order chi connectivity index (χ0) is 14.5. The normalized spacial score (nSPS) is 23.2. The van der Waals surface area contributed by atoms with Gasteiger partial charge in [0.05, 0.1) is 6.10 Å². The van der Waals surface area contributed by atoms with Gasteiger partial charge in [-0.2, -0.15) is 0 Å². The van der Waals surface area contributed by atoms with Gasteiger partial charge in [0.2, 0.25) is 0 Å². The Kier molecular flexibility index (Phi) is 3.79. The summed E-state index contributed by atoms with van der Waals surface area (Å²) in [4.78, 5) is 1.49. The lowest BCUT2D eigenvalue weighted by molar-refractivity contribution is 0.111. The Morgan fingerprint density at radius 3 is 2.53 bits per heavy atom. The first-order valence-electron chi connectivity index (χ1n) is 7.26. The van der Waals surface area contributed by atoms with E-state index in [1.807, 2.05) is 11.3 Å². The van der Waals surface area contributed by atoms with Gasteiger partial charge in [0.15, 0.2) is 8.32 Å². The Morgan fingerprint density at radius 1 is 1.32 bits per heavy atom. The molecule has 0 radical (unpaired) electrons. The van der Waals surface area contributed by atoms with Crippen molar-refractivity contribution in [3.05, 3.63) is 21.9 Å². The van der Waals surface area contributed by atoms with Gasteiger partial charge in [-0.15, -0.1) is 11.3 Å². The molecule has 0 saturated heterocycles. The third-order valence-corrected chi connectivity index (χ3v) is 10.3. The third-order valence-electron chi connectivity index (χ3n) is 4.72. The maximum Gasteiger partial charge on any atom is 0.192 e. The molecule has 0 aromatic carbocycles. The van der Waals surface area contributed by atoms with E-state index >= 15 is 0 Å². The van der Waals surface area contributed by atoms with Crippen molar-refractivity contribution in [2.75, 3.05) is 0 Å². The molecule has 2 rings (SSSR count). The smallest absolute Gasteiger partial charge is 0.192 e. The molecule has 1 unspecified atom stereocenters. The van der Waals surface area contributed by atoms with Crippen LogP contribution in [0.15, 0.2) is 11.4 Å².